The van der Waals surface area contributed by atoms with E-state index in [1.165, 1.54) is 6.08 Å². The van der Waals surface area contributed by atoms with Crippen molar-refractivity contribution in [1.29, 1.82) is 0 Å². The molecule has 60 valence electrons. The van der Waals surface area contributed by atoms with Crippen molar-refractivity contribution in [2.24, 2.45) is 0 Å². The topological polar surface area (TPSA) is 40.5 Å². The fourth-order valence-corrected chi connectivity index (χ4v) is 0.741. The lowest BCUT2D eigenvalue weighted by molar-refractivity contribution is 0.0420. The van der Waals surface area contributed by atoms with Gasteiger partial charge in [-0.2, -0.15) is 0 Å². The Kier molecular flexibility index (Phi) is 5.26. The van der Waals surface area contributed by atoms with Gasteiger partial charge in [0.2, 0.25) is 0 Å². The molecule has 2 heteroatoms. The number of hydrogen-bond acceptors (Lipinski definition) is 2. The van der Waals surface area contributed by atoms with Gasteiger partial charge in [-0.15, -0.1) is 6.58 Å². The van der Waals surface area contributed by atoms with Gasteiger partial charge in [0.25, 0.3) is 0 Å². The third-order valence-corrected chi connectivity index (χ3v) is 1.49. The van der Waals surface area contributed by atoms with Crippen molar-refractivity contribution in [2.75, 3.05) is 0 Å². The van der Waals surface area contributed by atoms with Crippen LogP contribution in [0.3, 0.4) is 0 Å². The van der Waals surface area contributed by atoms with Gasteiger partial charge in [0.05, 0.1) is 12.2 Å². The summed E-state index contributed by atoms with van der Waals surface area (Å²) < 4.78 is 0. The minimum Gasteiger partial charge on any atom is -0.390 e. The van der Waals surface area contributed by atoms with Crippen molar-refractivity contribution in [2.45, 2.75) is 38.4 Å². The summed E-state index contributed by atoms with van der Waals surface area (Å²) in [5, 5.41) is 18.1. The second-order valence-electron chi connectivity index (χ2n) is 2.44. The molecule has 0 fully saturated rings. The maximum atomic E-state index is 9.13. The lowest BCUT2D eigenvalue weighted by Gasteiger charge is -2.12. The highest BCUT2D eigenvalue weighted by Crippen LogP contribution is 2.04. The number of aliphatic hydroxyl groups is 2. The molecule has 0 amide bonds. The first-order valence-corrected chi connectivity index (χ1v) is 3.71. The Labute approximate surface area is 62.2 Å². The first-order chi connectivity index (χ1) is 4.72. The zero-order valence-corrected chi connectivity index (χ0v) is 6.45. The van der Waals surface area contributed by atoms with Crippen molar-refractivity contribution < 1.29 is 10.2 Å². The van der Waals surface area contributed by atoms with E-state index in [-0.39, 0.29) is 0 Å². The van der Waals surface area contributed by atoms with E-state index < -0.39 is 12.2 Å². The van der Waals surface area contributed by atoms with Crippen LogP contribution in [-0.4, -0.2) is 22.4 Å². The molecule has 0 spiro atoms. The van der Waals surface area contributed by atoms with Gasteiger partial charge >= 0.3 is 0 Å². The van der Waals surface area contributed by atoms with Crippen LogP contribution in [0.2, 0.25) is 0 Å². The van der Waals surface area contributed by atoms with Gasteiger partial charge in [0.1, 0.15) is 0 Å². The lowest BCUT2D eigenvalue weighted by atomic mass is 10.1. The van der Waals surface area contributed by atoms with Crippen LogP contribution >= 0.6 is 0 Å². The molecule has 0 bridgehead atoms. The Morgan fingerprint density at radius 2 is 2.10 bits per heavy atom. The highest BCUT2D eigenvalue weighted by Gasteiger charge is 2.10. The summed E-state index contributed by atoms with van der Waals surface area (Å²) in [6.45, 7) is 5.43. The van der Waals surface area contributed by atoms with E-state index in [9.17, 15) is 0 Å². The molecule has 0 radical (unpaired) electrons. The molecule has 0 saturated heterocycles. The summed E-state index contributed by atoms with van der Waals surface area (Å²) in [5.74, 6) is 0. The highest BCUT2D eigenvalue weighted by atomic mass is 16.3. The van der Waals surface area contributed by atoms with Gasteiger partial charge in [-0.05, 0) is 6.42 Å². The third kappa shape index (κ3) is 3.64. The Balaban J connectivity index is 3.40. The van der Waals surface area contributed by atoms with Crippen LogP contribution in [-0.2, 0) is 0 Å². The standard InChI is InChI=1S/C8H16O2/c1-3-5-6-8(10)7(9)4-2/h4,7-10H,2-3,5-6H2,1H3/t7-,8-/m0/s1. The SMILES string of the molecule is C=C[C@H](O)[C@@H](O)CCCC. The van der Waals surface area contributed by atoms with Crippen LogP contribution in [0.1, 0.15) is 26.2 Å². The van der Waals surface area contributed by atoms with Crippen LogP contribution in [0.15, 0.2) is 12.7 Å². The van der Waals surface area contributed by atoms with Crippen molar-refractivity contribution >= 4 is 0 Å². The molecular weight excluding hydrogens is 128 g/mol. The number of unbranched alkanes of at least 4 members (excludes halogenated alkanes) is 1. The quantitative estimate of drug-likeness (QED) is 0.567. The molecule has 0 rings (SSSR count). The minimum atomic E-state index is -0.758. The zero-order valence-electron chi connectivity index (χ0n) is 6.45. The van der Waals surface area contributed by atoms with Crippen LogP contribution in [0.25, 0.3) is 0 Å². The smallest absolute Gasteiger partial charge is 0.0977 e. The van der Waals surface area contributed by atoms with Gasteiger partial charge in [-0.25, -0.2) is 0 Å². The Bertz CT molecular complexity index is 91.3. The molecule has 0 unspecified atom stereocenters. The minimum absolute atomic E-state index is 0.627. The monoisotopic (exact) mass is 144 g/mol. The van der Waals surface area contributed by atoms with E-state index in [1.54, 1.807) is 0 Å². The Morgan fingerprint density at radius 3 is 2.50 bits per heavy atom. The van der Waals surface area contributed by atoms with E-state index in [2.05, 4.69) is 6.58 Å². The first-order valence-electron chi connectivity index (χ1n) is 3.71. The van der Waals surface area contributed by atoms with Crippen LogP contribution in [0, 0.1) is 0 Å². The fourth-order valence-electron chi connectivity index (χ4n) is 0.741. The molecule has 2 N–H and O–H groups in total. The summed E-state index contributed by atoms with van der Waals surface area (Å²) in [6, 6.07) is 0. The van der Waals surface area contributed by atoms with E-state index >= 15 is 0 Å². The first kappa shape index (κ1) is 9.66. The second-order valence-corrected chi connectivity index (χ2v) is 2.44. The predicted octanol–water partition coefficient (Wildman–Crippen LogP) is 1.08. The van der Waals surface area contributed by atoms with E-state index in [0.717, 1.165) is 12.8 Å². The van der Waals surface area contributed by atoms with Gasteiger partial charge in [-0.1, -0.05) is 25.8 Å². The van der Waals surface area contributed by atoms with Gasteiger partial charge in [0, 0.05) is 0 Å². The van der Waals surface area contributed by atoms with E-state index in [0.29, 0.717) is 6.42 Å². The molecule has 0 aliphatic carbocycles. The maximum absolute atomic E-state index is 9.13. The number of rotatable bonds is 5. The average Bonchev–Trinajstić information content (AvgIpc) is 1.98. The largest absolute Gasteiger partial charge is 0.390 e. The fraction of sp³-hybridized carbons (Fsp3) is 0.750. The summed E-state index contributed by atoms with van der Waals surface area (Å²) in [7, 11) is 0. The Hall–Kier alpha value is -0.340. The number of hydrogen-bond donors (Lipinski definition) is 2. The summed E-state index contributed by atoms with van der Waals surface area (Å²) >= 11 is 0. The molecule has 10 heavy (non-hydrogen) atoms. The van der Waals surface area contributed by atoms with Gasteiger partial charge in [-0.3, -0.25) is 0 Å². The molecule has 0 aliphatic heterocycles. The molecule has 2 atom stereocenters. The van der Waals surface area contributed by atoms with Crippen LogP contribution in [0.4, 0.5) is 0 Å². The predicted molar refractivity (Wildman–Crippen MR) is 41.7 cm³/mol. The van der Waals surface area contributed by atoms with Gasteiger partial charge < -0.3 is 10.2 Å². The molecule has 0 aromatic carbocycles. The molecule has 0 heterocycles. The highest BCUT2D eigenvalue weighted by molar-refractivity contribution is 4.83. The normalized spacial score (nSPS) is 16.3. The van der Waals surface area contributed by atoms with E-state index in [1.807, 2.05) is 6.92 Å². The molecule has 0 aliphatic rings. The maximum Gasteiger partial charge on any atom is 0.0977 e. The molecule has 0 aromatic rings. The Morgan fingerprint density at radius 1 is 1.50 bits per heavy atom. The summed E-state index contributed by atoms with van der Waals surface area (Å²) in [5.41, 5.74) is 0. The molecule has 0 saturated carbocycles. The number of aliphatic hydroxyl groups excluding tert-OH is 2. The average molecular weight is 144 g/mol. The van der Waals surface area contributed by atoms with E-state index in [4.69, 9.17) is 10.2 Å². The van der Waals surface area contributed by atoms with Crippen molar-refractivity contribution in [3.63, 3.8) is 0 Å². The van der Waals surface area contributed by atoms with Crippen molar-refractivity contribution in [1.82, 2.24) is 0 Å². The molecule has 0 aromatic heterocycles. The second kappa shape index (κ2) is 5.45. The van der Waals surface area contributed by atoms with Gasteiger partial charge in [0.15, 0.2) is 0 Å². The third-order valence-electron chi connectivity index (χ3n) is 1.49. The summed E-state index contributed by atoms with van der Waals surface area (Å²) in [4.78, 5) is 0. The molecular formula is C8H16O2. The van der Waals surface area contributed by atoms with Crippen LogP contribution in [0.5, 0.6) is 0 Å². The van der Waals surface area contributed by atoms with Crippen LogP contribution < -0.4 is 0 Å². The zero-order chi connectivity index (χ0) is 7.98. The summed E-state index contributed by atoms with van der Waals surface area (Å²) in [6.07, 6.45) is 2.63. The van der Waals surface area contributed by atoms with Crippen molar-refractivity contribution in [3.05, 3.63) is 12.7 Å². The lowest BCUT2D eigenvalue weighted by Crippen LogP contribution is -2.22. The molecule has 2 nitrogen and oxygen atoms in total. The van der Waals surface area contributed by atoms with Crippen molar-refractivity contribution in [3.8, 4) is 0 Å².